The first-order valence-electron chi connectivity index (χ1n) is 10.7. The predicted molar refractivity (Wildman–Crippen MR) is 121 cm³/mol. The second kappa shape index (κ2) is 8.27. The minimum Gasteiger partial charge on any atom is -0.272 e. The zero-order valence-electron chi connectivity index (χ0n) is 17.9. The number of imide groups is 1. The number of hydrogen-bond acceptors (Lipinski definition) is 7. The van der Waals surface area contributed by atoms with Crippen LogP contribution in [0.5, 0.6) is 0 Å². The molecule has 11 nitrogen and oxygen atoms in total. The Morgan fingerprint density at radius 3 is 2.11 bits per heavy atom. The van der Waals surface area contributed by atoms with Crippen molar-refractivity contribution >= 4 is 40.7 Å². The van der Waals surface area contributed by atoms with Crippen molar-refractivity contribution in [2.75, 3.05) is 0 Å². The number of nitro benzene ring substituents is 2. The third kappa shape index (κ3) is 3.64. The smallest absolute Gasteiger partial charge is 0.272 e. The van der Waals surface area contributed by atoms with Crippen LogP contribution in [-0.4, -0.2) is 37.6 Å². The molecule has 1 saturated heterocycles. The summed E-state index contributed by atoms with van der Waals surface area (Å²) in [5.74, 6) is -3.27. The van der Waals surface area contributed by atoms with Crippen LogP contribution in [0.1, 0.15) is 22.3 Å². The Hall–Kier alpha value is -4.12. The molecule has 35 heavy (non-hydrogen) atoms. The van der Waals surface area contributed by atoms with Gasteiger partial charge in [0.05, 0.1) is 33.8 Å². The van der Waals surface area contributed by atoms with Gasteiger partial charge in [0.15, 0.2) is 0 Å². The Kier molecular flexibility index (Phi) is 5.36. The first-order chi connectivity index (χ1) is 16.7. The third-order valence-corrected chi connectivity index (χ3v) is 7.05. The monoisotopic (exact) mass is 496 g/mol. The lowest BCUT2D eigenvalue weighted by Crippen LogP contribution is -2.50. The molecule has 12 heteroatoms. The normalized spacial score (nSPS) is 24.1. The molecule has 0 N–H and O–H groups in total. The van der Waals surface area contributed by atoms with E-state index in [1.54, 1.807) is 0 Å². The fourth-order valence-corrected chi connectivity index (χ4v) is 5.40. The Labute approximate surface area is 202 Å². The maximum atomic E-state index is 13.6. The summed E-state index contributed by atoms with van der Waals surface area (Å²) in [4.78, 5) is 61.7. The summed E-state index contributed by atoms with van der Waals surface area (Å²) < 4.78 is 0. The van der Waals surface area contributed by atoms with Gasteiger partial charge in [0.2, 0.25) is 0 Å². The largest absolute Gasteiger partial charge is 0.275 e. The van der Waals surface area contributed by atoms with Crippen molar-refractivity contribution in [1.29, 1.82) is 0 Å². The molecular weight excluding hydrogens is 480 g/mol. The van der Waals surface area contributed by atoms with E-state index in [0.717, 1.165) is 28.2 Å². The highest BCUT2D eigenvalue weighted by molar-refractivity contribution is 6.30. The number of benzene rings is 2. The summed E-state index contributed by atoms with van der Waals surface area (Å²) in [5, 5.41) is 24.4. The van der Waals surface area contributed by atoms with E-state index in [9.17, 15) is 34.6 Å². The maximum Gasteiger partial charge on any atom is 0.275 e. The zero-order chi connectivity index (χ0) is 25.0. The lowest BCUT2D eigenvalue weighted by molar-refractivity contribution is -0.385. The summed E-state index contributed by atoms with van der Waals surface area (Å²) in [6.07, 6.45) is 4.51. The minimum absolute atomic E-state index is 0.0222. The van der Waals surface area contributed by atoms with Crippen LogP contribution in [0.3, 0.4) is 0 Å². The minimum atomic E-state index is -0.800. The van der Waals surface area contributed by atoms with Crippen molar-refractivity contribution < 1.29 is 24.2 Å². The van der Waals surface area contributed by atoms with Crippen molar-refractivity contribution in [3.8, 4) is 0 Å². The van der Waals surface area contributed by atoms with E-state index in [1.807, 2.05) is 12.2 Å². The van der Waals surface area contributed by atoms with Crippen LogP contribution < -0.4 is 0 Å². The molecule has 2 aliphatic carbocycles. The van der Waals surface area contributed by atoms with Gasteiger partial charge in [-0.1, -0.05) is 23.8 Å². The van der Waals surface area contributed by atoms with Crippen LogP contribution in [0.2, 0.25) is 5.02 Å². The van der Waals surface area contributed by atoms with Gasteiger partial charge < -0.3 is 0 Å². The lowest BCUT2D eigenvalue weighted by Gasteiger charge is -2.31. The third-order valence-electron chi connectivity index (χ3n) is 6.81. The van der Waals surface area contributed by atoms with Crippen molar-refractivity contribution in [2.24, 2.45) is 23.7 Å². The standard InChI is InChI=1S/C23H17ClN4O7/c24-16-6-3-15(18(10-16)28(34)35)11-25(21(29)12-4-7-17(8-5-12)27(32)33)26-22(30)19-13-1-2-14(9-13)20(19)23(26)31/h1-8,10,13-14,19-20H,9,11H2/t13-,14-,19-,20+/m0/s1. The first kappa shape index (κ1) is 22.7. The number of nitrogens with zero attached hydrogens (tertiary/aromatic N) is 4. The SMILES string of the molecule is O=C(c1ccc([N+](=O)[O-])cc1)N(Cc1ccc(Cl)cc1[N+](=O)[O-])N1C(=O)[C@@H]2[C@H](C1=O)[C@H]1C=C[C@H]2C1. The van der Waals surface area contributed by atoms with Gasteiger partial charge in [0.25, 0.3) is 29.1 Å². The fourth-order valence-electron chi connectivity index (χ4n) is 5.23. The molecule has 1 saturated carbocycles. The highest BCUT2D eigenvalue weighted by atomic mass is 35.5. The summed E-state index contributed by atoms with van der Waals surface area (Å²) in [5.41, 5.74) is -0.577. The molecule has 0 unspecified atom stereocenters. The molecule has 3 aliphatic rings. The number of allylic oxidation sites excluding steroid dienone is 2. The first-order valence-corrected chi connectivity index (χ1v) is 11.1. The van der Waals surface area contributed by atoms with Gasteiger partial charge in [-0.25, -0.2) is 5.01 Å². The van der Waals surface area contributed by atoms with Crippen LogP contribution in [0.25, 0.3) is 0 Å². The van der Waals surface area contributed by atoms with E-state index in [-0.39, 0.29) is 39.4 Å². The van der Waals surface area contributed by atoms with E-state index in [1.165, 1.54) is 24.3 Å². The molecule has 2 fully saturated rings. The number of nitro groups is 2. The second-order valence-corrected chi connectivity index (χ2v) is 9.12. The number of hydrazine groups is 1. The van der Waals surface area contributed by atoms with Crippen LogP contribution in [-0.2, 0) is 16.1 Å². The summed E-state index contributed by atoms with van der Waals surface area (Å²) in [6, 6.07) is 8.56. The molecule has 178 valence electrons. The Bertz CT molecular complexity index is 1300. The molecule has 2 aromatic carbocycles. The molecule has 2 aromatic rings. The van der Waals surface area contributed by atoms with E-state index >= 15 is 0 Å². The van der Waals surface area contributed by atoms with Gasteiger partial charge in [-0.05, 0) is 42.5 Å². The topological polar surface area (TPSA) is 144 Å². The summed E-state index contributed by atoms with van der Waals surface area (Å²) >= 11 is 5.91. The second-order valence-electron chi connectivity index (χ2n) is 8.69. The van der Waals surface area contributed by atoms with Crippen molar-refractivity contribution in [1.82, 2.24) is 10.0 Å². The summed E-state index contributed by atoms with van der Waals surface area (Å²) in [6.45, 7) is -0.455. The van der Waals surface area contributed by atoms with Gasteiger partial charge >= 0.3 is 0 Å². The van der Waals surface area contributed by atoms with Crippen molar-refractivity contribution in [3.05, 3.63) is 91.0 Å². The average molecular weight is 497 g/mol. The molecule has 4 atom stereocenters. The molecular formula is C23H17ClN4O7. The van der Waals surface area contributed by atoms with Gasteiger partial charge in [-0.15, -0.1) is 0 Å². The number of carbonyl (C=O) groups is 3. The number of amides is 3. The van der Waals surface area contributed by atoms with Crippen LogP contribution in [0, 0.1) is 43.9 Å². The molecule has 1 heterocycles. The lowest BCUT2D eigenvalue weighted by atomic mass is 9.85. The summed E-state index contributed by atoms with van der Waals surface area (Å²) in [7, 11) is 0. The molecule has 2 bridgehead atoms. The van der Waals surface area contributed by atoms with E-state index in [0.29, 0.717) is 6.42 Å². The Morgan fingerprint density at radius 1 is 0.971 bits per heavy atom. The number of halogens is 1. The average Bonchev–Trinajstić information content (AvgIpc) is 3.52. The molecule has 0 aromatic heterocycles. The molecule has 0 radical (unpaired) electrons. The predicted octanol–water partition coefficient (Wildman–Crippen LogP) is 3.52. The van der Waals surface area contributed by atoms with Crippen LogP contribution >= 0.6 is 11.6 Å². The van der Waals surface area contributed by atoms with Gasteiger partial charge in [-0.2, -0.15) is 5.01 Å². The highest BCUT2D eigenvalue weighted by Gasteiger charge is 2.61. The number of non-ortho nitro benzene ring substituents is 1. The molecule has 5 rings (SSSR count). The maximum absolute atomic E-state index is 13.6. The van der Waals surface area contributed by atoms with E-state index < -0.39 is 45.9 Å². The van der Waals surface area contributed by atoms with Crippen LogP contribution in [0.4, 0.5) is 11.4 Å². The number of hydrogen-bond donors (Lipinski definition) is 0. The Morgan fingerprint density at radius 2 is 1.57 bits per heavy atom. The quantitative estimate of drug-likeness (QED) is 0.257. The highest BCUT2D eigenvalue weighted by Crippen LogP contribution is 2.53. The fraction of sp³-hybridized carbons (Fsp3) is 0.261. The van der Waals surface area contributed by atoms with Gasteiger partial charge in [0.1, 0.15) is 0 Å². The van der Waals surface area contributed by atoms with E-state index in [4.69, 9.17) is 11.6 Å². The zero-order valence-corrected chi connectivity index (χ0v) is 18.7. The number of rotatable bonds is 6. The van der Waals surface area contributed by atoms with Gasteiger partial charge in [-0.3, -0.25) is 34.6 Å². The molecule has 1 aliphatic heterocycles. The van der Waals surface area contributed by atoms with E-state index in [2.05, 4.69) is 0 Å². The number of carbonyl (C=O) groups excluding carboxylic acids is 3. The molecule has 3 amide bonds. The van der Waals surface area contributed by atoms with Crippen molar-refractivity contribution in [2.45, 2.75) is 13.0 Å². The van der Waals surface area contributed by atoms with Gasteiger partial charge in [0, 0.05) is 28.8 Å². The van der Waals surface area contributed by atoms with Crippen molar-refractivity contribution in [3.63, 3.8) is 0 Å². The number of fused-ring (bicyclic) bond motifs is 5. The molecule has 0 spiro atoms. The van der Waals surface area contributed by atoms with Crippen LogP contribution in [0.15, 0.2) is 54.6 Å². The Balaban J connectivity index is 1.55.